The van der Waals surface area contributed by atoms with Gasteiger partial charge in [-0.15, -0.1) is 0 Å². The predicted molar refractivity (Wildman–Crippen MR) is 147 cm³/mol. The van der Waals surface area contributed by atoms with Crippen LogP contribution in [0.25, 0.3) is 22.3 Å². The molecule has 0 radical (unpaired) electrons. The minimum absolute atomic E-state index is 0.208. The van der Waals surface area contributed by atoms with Crippen molar-refractivity contribution in [2.45, 2.75) is 13.5 Å². The number of carbonyl (C=O) groups is 1. The molecule has 38 heavy (non-hydrogen) atoms. The Morgan fingerprint density at radius 1 is 0.974 bits per heavy atom. The number of halogens is 1. The van der Waals surface area contributed by atoms with E-state index in [0.717, 1.165) is 71.9 Å². The minimum Gasteiger partial charge on any atom is -0.366 e. The van der Waals surface area contributed by atoms with Crippen LogP contribution in [0.1, 0.15) is 27.0 Å². The Labute approximate surface area is 221 Å². The maximum absolute atomic E-state index is 13.5. The van der Waals surface area contributed by atoms with Gasteiger partial charge in [0.15, 0.2) is 0 Å². The fourth-order valence-electron chi connectivity index (χ4n) is 5.05. The molecule has 190 valence electrons. The monoisotopic (exact) mass is 505 g/mol. The summed E-state index contributed by atoms with van der Waals surface area (Å²) in [6.45, 7) is 6.05. The van der Waals surface area contributed by atoms with Crippen molar-refractivity contribution in [2.75, 3.05) is 31.1 Å². The maximum atomic E-state index is 13.5. The smallest absolute Gasteiger partial charge is 0.249 e. The predicted octanol–water partition coefficient (Wildman–Crippen LogP) is 5.16. The van der Waals surface area contributed by atoms with Crippen LogP contribution in [0, 0.1) is 24.1 Å². The first-order valence-corrected chi connectivity index (χ1v) is 12.5. The van der Waals surface area contributed by atoms with Gasteiger partial charge in [0.25, 0.3) is 0 Å². The molecular formula is C31H28FN5O. The highest BCUT2D eigenvalue weighted by Crippen LogP contribution is 2.38. The standard InChI is InChI=1S/C31H28FN5O/c1-21-5-11-27(31(34)38)30(29(21)24-8-6-22(18-33)7-9-24)25-10-12-28(35-19-25)37-15-13-36(14-16-37)20-23-3-2-4-26(32)17-23/h2-12,17,19H,13-16,20H2,1H3,(H2,34,38). The van der Waals surface area contributed by atoms with Gasteiger partial charge in [0, 0.05) is 55.6 Å². The summed E-state index contributed by atoms with van der Waals surface area (Å²) in [5, 5.41) is 9.19. The highest BCUT2D eigenvalue weighted by Gasteiger charge is 2.21. The van der Waals surface area contributed by atoms with Crippen molar-refractivity contribution in [1.82, 2.24) is 9.88 Å². The van der Waals surface area contributed by atoms with Gasteiger partial charge in [-0.05, 0) is 71.6 Å². The first-order valence-electron chi connectivity index (χ1n) is 12.5. The molecule has 1 saturated heterocycles. The molecule has 0 bridgehead atoms. The maximum Gasteiger partial charge on any atom is 0.249 e. The number of amides is 1. The Balaban J connectivity index is 1.39. The molecule has 5 rings (SSSR count). The van der Waals surface area contributed by atoms with E-state index in [9.17, 15) is 14.4 Å². The molecule has 0 aliphatic carbocycles. The van der Waals surface area contributed by atoms with E-state index in [1.165, 1.54) is 6.07 Å². The van der Waals surface area contributed by atoms with Crippen LogP contribution in [0.3, 0.4) is 0 Å². The molecule has 7 heteroatoms. The molecule has 0 unspecified atom stereocenters. The zero-order valence-corrected chi connectivity index (χ0v) is 21.2. The quantitative estimate of drug-likeness (QED) is 0.391. The van der Waals surface area contributed by atoms with Crippen LogP contribution in [0.2, 0.25) is 0 Å². The van der Waals surface area contributed by atoms with Crippen LogP contribution in [0.5, 0.6) is 0 Å². The normalized spacial score (nSPS) is 13.8. The van der Waals surface area contributed by atoms with Gasteiger partial charge in [0.05, 0.1) is 11.6 Å². The number of aromatic nitrogens is 1. The summed E-state index contributed by atoms with van der Waals surface area (Å²) >= 11 is 0. The van der Waals surface area contributed by atoms with Gasteiger partial charge >= 0.3 is 0 Å². The summed E-state index contributed by atoms with van der Waals surface area (Å²) in [4.78, 5) is 21.7. The van der Waals surface area contributed by atoms with Crippen LogP contribution in [0.15, 0.2) is 79.0 Å². The summed E-state index contributed by atoms with van der Waals surface area (Å²) in [6.07, 6.45) is 1.79. The van der Waals surface area contributed by atoms with Crippen molar-refractivity contribution in [3.8, 4) is 28.3 Å². The van der Waals surface area contributed by atoms with Crippen molar-refractivity contribution >= 4 is 11.7 Å². The van der Waals surface area contributed by atoms with Crippen molar-refractivity contribution in [2.24, 2.45) is 5.73 Å². The number of nitriles is 1. The summed E-state index contributed by atoms with van der Waals surface area (Å²) in [6, 6.07) is 23.8. The third-order valence-corrected chi connectivity index (χ3v) is 7.01. The lowest BCUT2D eigenvalue weighted by atomic mass is 9.87. The lowest BCUT2D eigenvalue weighted by Gasteiger charge is -2.35. The summed E-state index contributed by atoms with van der Waals surface area (Å²) < 4.78 is 13.5. The number of primary amides is 1. The number of hydrogen-bond acceptors (Lipinski definition) is 5. The number of nitrogens with two attached hydrogens (primary N) is 1. The number of anilines is 1. The van der Waals surface area contributed by atoms with Gasteiger partial charge in [0.1, 0.15) is 11.6 Å². The van der Waals surface area contributed by atoms with Crippen molar-refractivity contribution < 1.29 is 9.18 Å². The van der Waals surface area contributed by atoms with Gasteiger partial charge in [-0.3, -0.25) is 9.69 Å². The third kappa shape index (κ3) is 5.26. The van der Waals surface area contributed by atoms with E-state index in [4.69, 9.17) is 10.7 Å². The van der Waals surface area contributed by atoms with Crippen LogP contribution in [-0.2, 0) is 6.54 Å². The van der Waals surface area contributed by atoms with Gasteiger partial charge in [0.2, 0.25) is 5.91 Å². The van der Waals surface area contributed by atoms with Gasteiger partial charge < -0.3 is 10.6 Å². The molecule has 3 aromatic carbocycles. The molecule has 1 aromatic heterocycles. The molecular weight excluding hydrogens is 477 g/mol. The zero-order valence-electron chi connectivity index (χ0n) is 21.2. The number of carbonyl (C=O) groups excluding carboxylic acids is 1. The van der Waals surface area contributed by atoms with E-state index in [1.54, 1.807) is 36.5 Å². The molecule has 6 nitrogen and oxygen atoms in total. The van der Waals surface area contributed by atoms with Crippen LogP contribution in [-0.4, -0.2) is 42.0 Å². The average molecular weight is 506 g/mol. The second-order valence-electron chi connectivity index (χ2n) is 9.53. The van der Waals surface area contributed by atoms with E-state index < -0.39 is 5.91 Å². The second-order valence-corrected chi connectivity index (χ2v) is 9.53. The molecule has 1 fully saturated rings. The number of nitrogens with zero attached hydrogens (tertiary/aromatic N) is 4. The van der Waals surface area contributed by atoms with E-state index in [1.807, 2.05) is 43.3 Å². The minimum atomic E-state index is -0.506. The Hall–Kier alpha value is -4.54. The number of rotatable bonds is 6. The largest absolute Gasteiger partial charge is 0.366 e. The van der Waals surface area contributed by atoms with Crippen LogP contribution in [0.4, 0.5) is 10.2 Å². The molecule has 2 heterocycles. The zero-order chi connectivity index (χ0) is 26.6. The Morgan fingerprint density at radius 2 is 1.71 bits per heavy atom. The van der Waals surface area contributed by atoms with E-state index >= 15 is 0 Å². The van der Waals surface area contributed by atoms with Gasteiger partial charge in [-0.1, -0.05) is 30.3 Å². The lowest BCUT2D eigenvalue weighted by Crippen LogP contribution is -2.46. The van der Waals surface area contributed by atoms with Crippen molar-refractivity contribution in [3.63, 3.8) is 0 Å². The summed E-state index contributed by atoms with van der Waals surface area (Å²) in [5.41, 5.74) is 12.1. The van der Waals surface area contributed by atoms with Gasteiger partial charge in [-0.2, -0.15) is 5.26 Å². The fourth-order valence-corrected chi connectivity index (χ4v) is 5.05. The number of pyridine rings is 1. The molecule has 4 aromatic rings. The highest BCUT2D eigenvalue weighted by atomic mass is 19.1. The molecule has 0 spiro atoms. The first kappa shape index (κ1) is 25.1. The highest BCUT2D eigenvalue weighted by molar-refractivity contribution is 6.04. The topological polar surface area (TPSA) is 86.2 Å². The number of hydrogen-bond donors (Lipinski definition) is 1. The molecule has 1 aliphatic rings. The van der Waals surface area contributed by atoms with E-state index in [-0.39, 0.29) is 5.82 Å². The lowest BCUT2D eigenvalue weighted by molar-refractivity contribution is 0.100. The van der Waals surface area contributed by atoms with Crippen LogP contribution < -0.4 is 10.6 Å². The van der Waals surface area contributed by atoms with E-state index in [0.29, 0.717) is 11.1 Å². The fraction of sp³-hybridized carbons (Fsp3) is 0.194. The van der Waals surface area contributed by atoms with Crippen molar-refractivity contribution in [3.05, 3.63) is 107 Å². The molecule has 2 N–H and O–H groups in total. The number of aryl methyl sites for hydroxylation is 1. The van der Waals surface area contributed by atoms with E-state index in [2.05, 4.69) is 15.9 Å². The summed E-state index contributed by atoms with van der Waals surface area (Å²) in [5.74, 6) is 0.154. The summed E-state index contributed by atoms with van der Waals surface area (Å²) in [7, 11) is 0. The number of benzene rings is 3. The SMILES string of the molecule is Cc1ccc(C(N)=O)c(-c2ccc(N3CCN(Cc4cccc(F)c4)CC3)nc2)c1-c1ccc(C#N)cc1. The molecule has 0 saturated carbocycles. The second kappa shape index (κ2) is 10.8. The first-order chi connectivity index (χ1) is 18.4. The Morgan fingerprint density at radius 3 is 2.34 bits per heavy atom. The third-order valence-electron chi connectivity index (χ3n) is 7.01. The van der Waals surface area contributed by atoms with Crippen molar-refractivity contribution in [1.29, 1.82) is 5.26 Å². The Bertz CT molecular complexity index is 1500. The molecule has 1 amide bonds. The average Bonchev–Trinajstić information content (AvgIpc) is 2.93. The molecule has 1 aliphatic heterocycles. The van der Waals surface area contributed by atoms with Gasteiger partial charge in [-0.25, -0.2) is 9.37 Å². The Kier molecular flexibility index (Phi) is 7.16. The van der Waals surface area contributed by atoms with Crippen LogP contribution >= 0.6 is 0 Å². The molecule has 0 atom stereocenters. The number of piperazine rings is 1.